The summed E-state index contributed by atoms with van der Waals surface area (Å²) in [6, 6.07) is 4.13. The van der Waals surface area contributed by atoms with E-state index in [9.17, 15) is 18.4 Å². The van der Waals surface area contributed by atoms with E-state index >= 15 is 0 Å². The summed E-state index contributed by atoms with van der Waals surface area (Å²) < 4.78 is 34.3. The van der Waals surface area contributed by atoms with Crippen LogP contribution in [0, 0.1) is 0 Å². The van der Waals surface area contributed by atoms with Crippen LogP contribution in [-0.2, 0) is 11.3 Å². The Hall–Kier alpha value is -2.68. The van der Waals surface area contributed by atoms with Crippen molar-refractivity contribution in [3.05, 3.63) is 35.4 Å². The fraction of sp³-hybridized carbons (Fsp3) is 0.524. The second-order valence-corrected chi connectivity index (χ2v) is 7.34. The Morgan fingerprint density at radius 3 is 2.70 bits per heavy atom. The van der Waals surface area contributed by atoms with Gasteiger partial charge in [-0.1, -0.05) is 11.6 Å². The van der Waals surface area contributed by atoms with Crippen LogP contribution in [0.2, 0.25) is 0 Å². The number of carbonyl (C=O) groups excluding carboxylic acids is 2. The molecule has 2 rings (SSSR count). The van der Waals surface area contributed by atoms with Crippen molar-refractivity contribution in [2.45, 2.75) is 45.3 Å². The van der Waals surface area contributed by atoms with E-state index in [1.54, 1.807) is 19.2 Å². The van der Waals surface area contributed by atoms with Crippen molar-refractivity contribution in [2.24, 2.45) is 0 Å². The predicted molar refractivity (Wildman–Crippen MR) is 108 cm³/mol. The van der Waals surface area contributed by atoms with Crippen LogP contribution < -0.4 is 25.0 Å². The Bertz CT molecular complexity index is 756. The Balaban J connectivity index is 1.74. The Labute approximate surface area is 175 Å². The molecular formula is C21H30F2N3O4+. The summed E-state index contributed by atoms with van der Waals surface area (Å²) in [7, 11) is 3.16. The molecule has 0 aliphatic heterocycles. The van der Waals surface area contributed by atoms with Gasteiger partial charge in [0.2, 0.25) is 0 Å². The number of allylic oxidation sites excluding steroid dienone is 1. The van der Waals surface area contributed by atoms with Crippen LogP contribution in [0.25, 0.3) is 0 Å². The summed E-state index contributed by atoms with van der Waals surface area (Å²) in [4.78, 5) is 24.8. The Morgan fingerprint density at radius 1 is 1.23 bits per heavy atom. The first-order chi connectivity index (χ1) is 14.4. The molecule has 0 fully saturated rings. The highest BCUT2D eigenvalue weighted by atomic mass is 19.3. The maximum Gasteiger partial charge on any atom is 0.387 e. The van der Waals surface area contributed by atoms with E-state index in [2.05, 4.69) is 21.4 Å². The van der Waals surface area contributed by atoms with Crippen LogP contribution in [0.5, 0.6) is 11.5 Å². The molecule has 0 heterocycles. The number of urea groups is 1. The van der Waals surface area contributed by atoms with Gasteiger partial charge in [0.1, 0.15) is 6.54 Å². The topological polar surface area (TPSA) is 81.1 Å². The number of likely N-dealkylation sites (N-methyl/N-ethyl adjacent to an activating group) is 1. The molecule has 1 unspecified atom stereocenters. The molecule has 7 nitrogen and oxygen atoms in total. The highest BCUT2D eigenvalue weighted by Crippen LogP contribution is 2.29. The van der Waals surface area contributed by atoms with E-state index in [0.717, 1.165) is 29.7 Å². The van der Waals surface area contributed by atoms with Crippen molar-refractivity contribution < 1.29 is 32.7 Å². The van der Waals surface area contributed by atoms with Gasteiger partial charge in [-0.15, -0.1) is 0 Å². The first-order valence-electron chi connectivity index (χ1n) is 10.1. The quantitative estimate of drug-likeness (QED) is 0.500. The Morgan fingerprint density at radius 2 is 2.03 bits per heavy atom. The monoisotopic (exact) mass is 426 g/mol. The second-order valence-electron chi connectivity index (χ2n) is 7.34. The summed E-state index contributed by atoms with van der Waals surface area (Å²) in [5, 5.41) is 5.04. The van der Waals surface area contributed by atoms with Crippen molar-refractivity contribution in [3.8, 4) is 11.5 Å². The van der Waals surface area contributed by atoms with Gasteiger partial charge in [-0.25, -0.2) is 4.79 Å². The number of halogens is 2. The van der Waals surface area contributed by atoms with Gasteiger partial charge in [0, 0.05) is 12.1 Å². The molecule has 1 aliphatic rings. The number of amides is 3. The smallest absolute Gasteiger partial charge is 0.387 e. The number of benzene rings is 1. The average Bonchev–Trinajstić information content (AvgIpc) is 2.69. The molecule has 0 saturated heterocycles. The maximum atomic E-state index is 12.4. The highest BCUT2D eigenvalue weighted by Gasteiger charge is 2.16. The van der Waals surface area contributed by atoms with Crippen LogP contribution in [0.15, 0.2) is 29.8 Å². The molecule has 0 bridgehead atoms. The molecule has 1 aliphatic carbocycles. The lowest BCUT2D eigenvalue weighted by atomic mass is 9.97. The van der Waals surface area contributed by atoms with Gasteiger partial charge in [-0.05, 0) is 50.3 Å². The molecule has 3 N–H and O–H groups in total. The molecule has 30 heavy (non-hydrogen) atoms. The summed E-state index contributed by atoms with van der Waals surface area (Å²) in [5.74, 6) is -0.253. The fourth-order valence-corrected chi connectivity index (χ4v) is 3.38. The largest absolute Gasteiger partial charge is 0.493 e. The number of quaternary nitrogens is 1. The van der Waals surface area contributed by atoms with Crippen molar-refractivity contribution in [3.63, 3.8) is 0 Å². The van der Waals surface area contributed by atoms with Gasteiger partial charge in [-0.2, -0.15) is 8.78 Å². The van der Waals surface area contributed by atoms with Crippen LogP contribution >= 0.6 is 0 Å². The van der Waals surface area contributed by atoms with E-state index in [1.165, 1.54) is 31.6 Å². The zero-order valence-corrected chi connectivity index (χ0v) is 17.4. The van der Waals surface area contributed by atoms with Crippen LogP contribution in [0.1, 0.15) is 37.7 Å². The molecule has 166 valence electrons. The molecule has 0 saturated carbocycles. The minimum absolute atomic E-state index is 0.0488. The lowest BCUT2D eigenvalue weighted by Crippen LogP contribution is -3.09. The first kappa shape index (κ1) is 23.6. The van der Waals surface area contributed by atoms with Gasteiger partial charge in [0.15, 0.2) is 18.0 Å². The van der Waals surface area contributed by atoms with Crippen molar-refractivity contribution in [1.82, 2.24) is 10.6 Å². The lowest BCUT2D eigenvalue weighted by Gasteiger charge is -2.16. The van der Waals surface area contributed by atoms with Crippen LogP contribution in [0.3, 0.4) is 0 Å². The van der Waals surface area contributed by atoms with E-state index in [0.29, 0.717) is 13.1 Å². The molecule has 0 aromatic heterocycles. The third-order valence-electron chi connectivity index (χ3n) is 4.78. The number of carbonyl (C=O) groups is 2. The summed E-state index contributed by atoms with van der Waals surface area (Å²) >= 11 is 0. The third kappa shape index (κ3) is 8.36. The minimum atomic E-state index is -2.94. The summed E-state index contributed by atoms with van der Waals surface area (Å²) in [6.45, 7) is -1.92. The minimum Gasteiger partial charge on any atom is -0.493 e. The molecule has 0 spiro atoms. The predicted octanol–water partition coefficient (Wildman–Crippen LogP) is 2.03. The zero-order chi connectivity index (χ0) is 21.9. The Kier molecular flexibility index (Phi) is 9.53. The van der Waals surface area contributed by atoms with Gasteiger partial charge >= 0.3 is 12.6 Å². The maximum absolute atomic E-state index is 12.4. The van der Waals surface area contributed by atoms with E-state index in [-0.39, 0.29) is 18.0 Å². The van der Waals surface area contributed by atoms with E-state index < -0.39 is 18.5 Å². The molecule has 1 aromatic carbocycles. The second kappa shape index (κ2) is 12.1. The molecule has 3 amide bonds. The van der Waals surface area contributed by atoms with E-state index in [4.69, 9.17) is 4.74 Å². The number of rotatable bonds is 10. The summed E-state index contributed by atoms with van der Waals surface area (Å²) in [6.07, 6.45) is 7.63. The lowest BCUT2D eigenvalue weighted by molar-refractivity contribution is -0.885. The number of hydrogen-bond donors (Lipinski definition) is 3. The standard InChI is InChI=1S/C21H29F2N3O4/c1-26(13-16-8-9-17(30-20(22)23)18(12-16)29-2)14-19(27)25-21(28)24-11-10-15-6-4-3-5-7-15/h6,8-9,12,20H,3-5,7,10-11,13-14H2,1-2H3,(H2,24,25,27,28)/p+1. The number of imide groups is 1. The third-order valence-corrected chi connectivity index (χ3v) is 4.78. The van der Waals surface area contributed by atoms with Crippen molar-refractivity contribution >= 4 is 11.9 Å². The van der Waals surface area contributed by atoms with Crippen LogP contribution in [0.4, 0.5) is 13.6 Å². The normalized spacial score (nSPS) is 14.6. The SMILES string of the molecule is COc1cc(C[NH+](C)CC(=O)NC(=O)NCCC2=CCCCC2)ccc1OC(F)F. The highest BCUT2D eigenvalue weighted by molar-refractivity contribution is 5.94. The van der Waals surface area contributed by atoms with Crippen LogP contribution in [-0.4, -0.2) is 45.8 Å². The van der Waals surface area contributed by atoms with E-state index in [1.807, 2.05) is 0 Å². The first-order valence-corrected chi connectivity index (χ1v) is 10.1. The summed E-state index contributed by atoms with van der Waals surface area (Å²) in [5.41, 5.74) is 2.14. The number of hydrogen-bond acceptors (Lipinski definition) is 4. The van der Waals surface area contributed by atoms with Crippen molar-refractivity contribution in [1.29, 1.82) is 0 Å². The van der Waals surface area contributed by atoms with Gasteiger partial charge < -0.3 is 19.7 Å². The number of nitrogens with one attached hydrogen (secondary N) is 3. The number of alkyl halides is 2. The molecule has 9 heteroatoms. The molecule has 1 atom stereocenters. The van der Waals surface area contributed by atoms with Gasteiger partial charge in [-0.3, -0.25) is 10.1 Å². The molecule has 0 radical (unpaired) electrons. The molecular weight excluding hydrogens is 396 g/mol. The van der Waals surface area contributed by atoms with Gasteiger partial charge in [0.25, 0.3) is 5.91 Å². The number of ether oxygens (including phenoxy) is 2. The fourth-order valence-electron chi connectivity index (χ4n) is 3.38. The number of methoxy groups -OCH3 is 1. The van der Waals surface area contributed by atoms with Crippen molar-refractivity contribution in [2.75, 3.05) is 27.2 Å². The zero-order valence-electron chi connectivity index (χ0n) is 17.4. The molecule has 1 aromatic rings. The average molecular weight is 426 g/mol. The van der Waals surface area contributed by atoms with Gasteiger partial charge in [0.05, 0.1) is 14.2 Å².